The van der Waals surface area contributed by atoms with E-state index in [2.05, 4.69) is 38.4 Å². The number of ether oxygens (including phenoxy) is 1. The fourth-order valence-corrected chi connectivity index (χ4v) is 4.69. The van der Waals surface area contributed by atoms with Crippen LogP contribution >= 0.6 is 27.3 Å². The van der Waals surface area contributed by atoms with Crippen molar-refractivity contribution in [2.45, 2.75) is 19.0 Å². The third-order valence-electron chi connectivity index (χ3n) is 4.82. The highest BCUT2D eigenvalue weighted by molar-refractivity contribution is 9.11. The fraction of sp³-hybridized carbons (Fsp3) is 0.250. The van der Waals surface area contributed by atoms with Gasteiger partial charge in [-0.05, 0) is 52.2 Å². The number of imide groups is 1. The van der Waals surface area contributed by atoms with E-state index in [-0.39, 0.29) is 12.5 Å². The Morgan fingerprint density at radius 2 is 2.10 bits per heavy atom. The molecule has 9 heteroatoms. The molecule has 0 spiro atoms. The molecular weight excluding hydrogens is 458 g/mol. The molecule has 1 fully saturated rings. The second kappa shape index (κ2) is 7.21. The number of methoxy groups -OCH3 is 1. The minimum atomic E-state index is -1.51. The zero-order chi connectivity index (χ0) is 20.8. The van der Waals surface area contributed by atoms with Gasteiger partial charge >= 0.3 is 6.03 Å². The van der Waals surface area contributed by atoms with Crippen molar-refractivity contribution in [3.63, 3.8) is 0 Å². The second-order valence-corrected chi connectivity index (χ2v) is 9.19. The molecule has 2 aromatic rings. The highest BCUT2D eigenvalue weighted by Crippen LogP contribution is 2.29. The third kappa shape index (κ3) is 3.50. The quantitative estimate of drug-likeness (QED) is 0.529. The number of nitrogens with zero attached hydrogens (tertiary/aromatic N) is 1. The van der Waals surface area contributed by atoms with Gasteiger partial charge in [0.05, 0.1) is 22.3 Å². The van der Waals surface area contributed by atoms with Crippen LogP contribution in [0.5, 0.6) is 5.75 Å². The summed E-state index contributed by atoms with van der Waals surface area (Å²) in [7, 11) is 1.53. The number of aryl methyl sites for hydroxylation is 1. The maximum absolute atomic E-state index is 12.9. The fourth-order valence-electron chi connectivity index (χ4n) is 3.30. The first-order valence-corrected chi connectivity index (χ1v) is 10.3. The lowest BCUT2D eigenvalue weighted by Crippen LogP contribution is -2.54. The minimum Gasteiger partial charge on any atom is -0.497 e. The number of rotatable bonds is 3. The Morgan fingerprint density at radius 3 is 2.72 bits per heavy atom. The topological polar surface area (TPSA) is 87.7 Å². The lowest BCUT2D eigenvalue weighted by molar-refractivity contribution is -0.122. The van der Waals surface area contributed by atoms with Crippen molar-refractivity contribution >= 4 is 45.1 Å². The molecule has 2 aliphatic rings. The van der Waals surface area contributed by atoms with Crippen LogP contribution in [0, 0.1) is 18.8 Å². The normalized spacial score (nSPS) is 20.1. The van der Waals surface area contributed by atoms with Crippen molar-refractivity contribution in [2.75, 3.05) is 13.7 Å². The molecule has 1 aromatic heterocycles. The van der Waals surface area contributed by atoms with Crippen LogP contribution < -0.4 is 15.4 Å². The summed E-state index contributed by atoms with van der Waals surface area (Å²) in [4.78, 5) is 39.6. The van der Waals surface area contributed by atoms with E-state index in [1.807, 2.05) is 19.1 Å². The summed E-state index contributed by atoms with van der Waals surface area (Å²) >= 11 is 4.89. The van der Waals surface area contributed by atoms with Crippen LogP contribution in [0.25, 0.3) is 0 Å². The van der Waals surface area contributed by atoms with E-state index in [1.54, 1.807) is 12.1 Å². The van der Waals surface area contributed by atoms with Crippen molar-refractivity contribution in [3.8, 4) is 17.6 Å². The van der Waals surface area contributed by atoms with E-state index in [9.17, 15) is 14.4 Å². The number of hydrogen-bond acceptors (Lipinski definition) is 5. The number of urea groups is 1. The van der Waals surface area contributed by atoms with Gasteiger partial charge < -0.3 is 15.0 Å². The summed E-state index contributed by atoms with van der Waals surface area (Å²) in [6, 6.07) is 6.55. The molecule has 2 N–H and O–H groups in total. The van der Waals surface area contributed by atoms with Gasteiger partial charge in [0.1, 0.15) is 5.75 Å². The van der Waals surface area contributed by atoms with Crippen molar-refractivity contribution in [2.24, 2.45) is 0 Å². The lowest BCUT2D eigenvalue weighted by Gasteiger charge is -2.26. The number of thiophene rings is 1. The van der Waals surface area contributed by atoms with Crippen LogP contribution in [-0.4, -0.2) is 41.9 Å². The molecule has 4 rings (SSSR count). The second-order valence-electron chi connectivity index (χ2n) is 6.82. The summed E-state index contributed by atoms with van der Waals surface area (Å²) in [5, 5.41) is 4.84. The van der Waals surface area contributed by atoms with Crippen molar-refractivity contribution in [1.29, 1.82) is 0 Å². The van der Waals surface area contributed by atoms with Crippen LogP contribution in [0.4, 0.5) is 4.79 Å². The Balaban J connectivity index is 1.65. The van der Waals surface area contributed by atoms with Gasteiger partial charge in [-0.15, -0.1) is 11.3 Å². The van der Waals surface area contributed by atoms with E-state index >= 15 is 0 Å². The predicted octanol–water partition coefficient (Wildman–Crippen LogP) is 2.41. The first-order chi connectivity index (χ1) is 13.8. The average Bonchev–Trinajstić information content (AvgIpc) is 3.27. The van der Waals surface area contributed by atoms with Crippen LogP contribution in [0.3, 0.4) is 0 Å². The monoisotopic (exact) mass is 473 g/mol. The minimum absolute atomic E-state index is 0.0566. The molecule has 1 atom stereocenters. The molecular formula is C20H16BrN3O4S. The van der Waals surface area contributed by atoms with Crippen LogP contribution in [-0.2, 0) is 11.3 Å². The van der Waals surface area contributed by atoms with E-state index in [1.165, 1.54) is 23.3 Å². The van der Waals surface area contributed by atoms with Gasteiger partial charge in [-0.25, -0.2) is 4.79 Å². The summed E-state index contributed by atoms with van der Waals surface area (Å²) in [5.74, 6) is 5.66. The number of carbonyl (C=O) groups is 3. The molecule has 29 heavy (non-hydrogen) atoms. The van der Waals surface area contributed by atoms with Gasteiger partial charge in [-0.1, -0.05) is 17.9 Å². The Hall–Kier alpha value is -2.83. The number of hydrogen-bond donors (Lipinski definition) is 2. The van der Waals surface area contributed by atoms with E-state index in [0.29, 0.717) is 17.9 Å². The molecule has 148 valence electrons. The molecule has 1 aromatic carbocycles. The summed E-state index contributed by atoms with van der Waals surface area (Å²) < 4.78 is 6.14. The van der Waals surface area contributed by atoms with Gasteiger partial charge in [0.2, 0.25) is 5.54 Å². The molecule has 0 saturated carbocycles. The highest BCUT2D eigenvalue weighted by Gasteiger charge is 2.48. The number of halogens is 1. The number of benzene rings is 1. The smallest absolute Gasteiger partial charge is 0.323 e. The number of fused-ring (bicyclic) bond motifs is 1. The predicted molar refractivity (Wildman–Crippen MR) is 111 cm³/mol. The summed E-state index contributed by atoms with van der Waals surface area (Å²) in [6.07, 6.45) is 0. The van der Waals surface area contributed by atoms with Gasteiger partial charge in [-0.3, -0.25) is 14.9 Å². The van der Waals surface area contributed by atoms with E-state index in [0.717, 1.165) is 19.8 Å². The molecule has 0 unspecified atom stereocenters. The van der Waals surface area contributed by atoms with E-state index in [4.69, 9.17) is 4.74 Å². The lowest BCUT2D eigenvalue weighted by atomic mass is 9.99. The Morgan fingerprint density at radius 1 is 1.31 bits per heavy atom. The number of carbonyl (C=O) groups excluding carboxylic acids is 3. The standard InChI is InChI=1S/C20H16BrN3O4S/c1-11-7-14(29-16(11)21)5-6-20(18(26)22-19(27)23-20)10-24-9-12-3-4-13(28-2)8-15(12)17(24)25/h3-4,7-8H,9-10H2,1-2H3,(H2,22,23,26,27)/t20-/m1/s1. The van der Waals surface area contributed by atoms with Crippen molar-refractivity contribution in [3.05, 3.63) is 49.6 Å². The maximum atomic E-state index is 12.9. The number of amides is 4. The van der Waals surface area contributed by atoms with Gasteiger partial charge in [0, 0.05) is 12.1 Å². The van der Waals surface area contributed by atoms with Crippen LogP contribution in [0.1, 0.15) is 26.4 Å². The zero-order valence-electron chi connectivity index (χ0n) is 15.6. The summed E-state index contributed by atoms with van der Waals surface area (Å²) in [5.41, 5.74) is 0.882. The van der Waals surface area contributed by atoms with Crippen molar-refractivity contribution in [1.82, 2.24) is 15.5 Å². The summed E-state index contributed by atoms with van der Waals surface area (Å²) in [6.45, 7) is 2.22. The molecule has 0 aliphatic carbocycles. The molecule has 3 heterocycles. The highest BCUT2D eigenvalue weighted by atomic mass is 79.9. The largest absolute Gasteiger partial charge is 0.497 e. The first-order valence-electron chi connectivity index (χ1n) is 8.70. The third-order valence-corrected chi connectivity index (χ3v) is 6.87. The molecule has 2 aliphatic heterocycles. The average molecular weight is 474 g/mol. The maximum Gasteiger partial charge on any atom is 0.323 e. The van der Waals surface area contributed by atoms with Crippen LogP contribution in [0.15, 0.2) is 28.1 Å². The molecule has 1 saturated heterocycles. The molecule has 7 nitrogen and oxygen atoms in total. The van der Waals surface area contributed by atoms with Gasteiger partial charge in [-0.2, -0.15) is 0 Å². The van der Waals surface area contributed by atoms with Crippen LogP contribution in [0.2, 0.25) is 0 Å². The molecule has 4 amide bonds. The first kappa shape index (κ1) is 19.5. The van der Waals surface area contributed by atoms with Gasteiger partial charge in [0.15, 0.2) is 0 Å². The SMILES string of the molecule is COc1ccc2c(c1)C(=O)N(C[C@@]1(C#Cc3cc(C)c(Br)s3)NC(=O)NC1=O)C2. The Bertz CT molecular complexity index is 1100. The Labute approximate surface area is 179 Å². The number of nitrogens with one attached hydrogen (secondary N) is 2. The Kier molecular flexibility index (Phi) is 4.84. The zero-order valence-corrected chi connectivity index (χ0v) is 18.0. The van der Waals surface area contributed by atoms with E-state index < -0.39 is 17.5 Å². The van der Waals surface area contributed by atoms with Crippen molar-refractivity contribution < 1.29 is 19.1 Å². The molecule has 0 radical (unpaired) electrons. The van der Waals surface area contributed by atoms with Gasteiger partial charge in [0.25, 0.3) is 11.8 Å². The molecule has 0 bridgehead atoms.